The van der Waals surface area contributed by atoms with Gasteiger partial charge in [-0.05, 0) is 24.3 Å². The molecular formula is C12H9ClN2O2. The van der Waals surface area contributed by atoms with E-state index in [0.717, 1.165) is 5.56 Å². The van der Waals surface area contributed by atoms with E-state index in [9.17, 15) is 4.79 Å². The largest absolute Gasteiger partial charge is 0.481 e. The Morgan fingerprint density at radius 2 is 1.82 bits per heavy atom. The van der Waals surface area contributed by atoms with Crippen LogP contribution in [0.25, 0.3) is 11.3 Å². The van der Waals surface area contributed by atoms with Gasteiger partial charge >= 0.3 is 5.97 Å². The van der Waals surface area contributed by atoms with Crippen molar-refractivity contribution in [3.63, 3.8) is 0 Å². The maximum absolute atomic E-state index is 10.5. The molecule has 4 nitrogen and oxygen atoms in total. The van der Waals surface area contributed by atoms with Gasteiger partial charge in [0.15, 0.2) is 0 Å². The highest BCUT2D eigenvalue weighted by atomic mass is 35.5. The van der Waals surface area contributed by atoms with E-state index in [0.29, 0.717) is 16.4 Å². The molecule has 5 heteroatoms. The Hall–Kier alpha value is -1.94. The lowest BCUT2D eigenvalue weighted by Crippen LogP contribution is -2.03. The predicted octanol–water partition coefficient (Wildman–Crippen LogP) is 2.42. The van der Waals surface area contributed by atoms with E-state index < -0.39 is 5.97 Å². The molecule has 0 atom stereocenters. The van der Waals surface area contributed by atoms with E-state index >= 15 is 0 Å². The molecule has 0 fully saturated rings. The summed E-state index contributed by atoms with van der Waals surface area (Å²) in [6.45, 7) is 0. The fourth-order valence-corrected chi connectivity index (χ4v) is 1.51. The van der Waals surface area contributed by atoms with Crippen molar-refractivity contribution in [2.45, 2.75) is 6.42 Å². The van der Waals surface area contributed by atoms with Gasteiger partial charge in [0.05, 0.1) is 17.8 Å². The number of halogens is 1. The number of carboxylic acids is 1. The summed E-state index contributed by atoms with van der Waals surface area (Å²) < 4.78 is 0. The summed E-state index contributed by atoms with van der Waals surface area (Å²) in [5.41, 5.74) is 2.02. The van der Waals surface area contributed by atoms with Crippen molar-refractivity contribution < 1.29 is 9.90 Å². The molecule has 0 spiro atoms. The number of rotatable bonds is 3. The van der Waals surface area contributed by atoms with E-state index in [1.54, 1.807) is 24.3 Å². The van der Waals surface area contributed by atoms with Gasteiger partial charge in [0.2, 0.25) is 0 Å². The average molecular weight is 249 g/mol. The molecule has 1 aromatic heterocycles. The minimum Gasteiger partial charge on any atom is -0.481 e. The number of carboxylic acid groups (broad SMARTS) is 1. The van der Waals surface area contributed by atoms with Crippen LogP contribution in [0, 0.1) is 0 Å². The van der Waals surface area contributed by atoms with Crippen LogP contribution in [0.1, 0.15) is 5.69 Å². The Bertz CT molecular complexity index is 523. The summed E-state index contributed by atoms with van der Waals surface area (Å²) in [5, 5.41) is 17.1. The predicted molar refractivity (Wildman–Crippen MR) is 63.8 cm³/mol. The molecule has 0 saturated heterocycles. The molecule has 1 N–H and O–H groups in total. The summed E-state index contributed by atoms with van der Waals surface area (Å²) in [4.78, 5) is 10.5. The second kappa shape index (κ2) is 4.93. The Balaban J connectivity index is 2.23. The van der Waals surface area contributed by atoms with Crippen LogP contribution in [0.3, 0.4) is 0 Å². The van der Waals surface area contributed by atoms with E-state index in [4.69, 9.17) is 16.7 Å². The Labute approximate surface area is 103 Å². The second-order valence-corrected chi connectivity index (χ2v) is 3.92. The number of aliphatic carboxylic acids is 1. The minimum atomic E-state index is -0.918. The Kier molecular flexibility index (Phi) is 3.35. The lowest BCUT2D eigenvalue weighted by atomic mass is 10.1. The van der Waals surface area contributed by atoms with Gasteiger partial charge in [0.1, 0.15) is 0 Å². The fraction of sp³-hybridized carbons (Fsp3) is 0.0833. The number of carbonyl (C=O) groups is 1. The van der Waals surface area contributed by atoms with Crippen LogP contribution in [0.4, 0.5) is 0 Å². The molecule has 17 heavy (non-hydrogen) atoms. The molecule has 0 saturated carbocycles. The monoisotopic (exact) mass is 248 g/mol. The molecule has 0 amide bonds. The van der Waals surface area contributed by atoms with Gasteiger partial charge in [0.25, 0.3) is 0 Å². The zero-order chi connectivity index (χ0) is 12.3. The van der Waals surface area contributed by atoms with Crippen molar-refractivity contribution in [2.24, 2.45) is 0 Å². The standard InChI is InChI=1S/C12H9ClN2O2/c13-9-3-1-8(2-4-9)11-6-5-10(14-15-11)7-12(16)17/h1-6H,7H2,(H,16,17). The molecule has 1 aromatic carbocycles. The van der Waals surface area contributed by atoms with Crippen LogP contribution in [0.15, 0.2) is 36.4 Å². The maximum atomic E-state index is 10.5. The Morgan fingerprint density at radius 3 is 2.35 bits per heavy atom. The molecule has 0 aliphatic carbocycles. The summed E-state index contributed by atoms with van der Waals surface area (Å²) in [6.07, 6.45) is -0.117. The maximum Gasteiger partial charge on any atom is 0.309 e. The van der Waals surface area contributed by atoms with Gasteiger partial charge in [-0.15, -0.1) is 0 Å². The van der Waals surface area contributed by atoms with Gasteiger partial charge in [-0.3, -0.25) is 4.79 Å². The van der Waals surface area contributed by atoms with E-state index in [1.165, 1.54) is 0 Å². The van der Waals surface area contributed by atoms with Crippen LogP contribution in [-0.2, 0) is 11.2 Å². The van der Waals surface area contributed by atoms with Crippen molar-refractivity contribution >= 4 is 17.6 Å². The third kappa shape index (κ3) is 3.01. The number of benzene rings is 1. The van der Waals surface area contributed by atoms with Crippen LogP contribution in [0.5, 0.6) is 0 Å². The highest BCUT2D eigenvalue weighted by Crippen LogP contribution is 2.18. The average Bonchev–Trinajstić information content (AvgIpc) is 2.30. The topological polar surface area (TPSA) is 63.1 Å². The zero-order valence-corrected chi connectivity index (χ0v) is 9.55. The van der Waals surface area contributed by atoms with E-state index in [1.807, 2.05) is 12.1 Å². The molecule has 0 bridgehead atoms. The first kappa shape index (κ1) is 11.5. The van der Waals surface area contributed by atoms with Crippen molar-refractivity contribution in [1.29, 1.82) is 0 Å². The van der Waals surface area contributed by atoms with E-state index in [2.05, 4.69) is 10.2 Å². The molecule has 0 unspecified atom stereocenters. The van der Waals surface area contributed by atoms with Gasteiger partial charge in [0, 0.05) is 10.6 Å². The highest BCUT2D eigenvalue weighted by Gasteiger charge is 2.04. The summed E-state index contributed by atoms with van der Waals surface area (Å²) in [7, 11) is 0. The smallest absolute Gasteiger partial charge is 0.309 e. The first-order valence-electron chi connectivity index (χ1n) is 4.95. The van der Waals surface area contributed by atoms with Crippen LogP contribution < -0.4 is 0 Å². The summed E-state index contributed by atoms with van der Waals surface area (Å²) >= 11 is 5.78. The molecule has 0 aliphatic heterocycles. The van der Waals surface area contributed by atoms with Crippen LogP contribution in [-0.4, -0.2) is 21.3 Å². The van der Waals surface area contributed by atoms with Gasteiger partial charge in [-0.25, -0.2) is 0 Å². The third-order valence-corrected chi connectivity index (χ3v) is 2.44. The number of hydrogen-bond donors (Lipinski definition) is 1. The number of hydrogen-bond acceptors (Lipinski definition) is 3. The van der Waals surface area contributed by atoms with Crippen molar-refractivity contribution in [3.8, 4) is 11.3 Å². The van der Waals surface area contributed by atoms with Gasteiger partial charge < -0.3 is 5.11 Å². The van der Waals surface area contributed by atoms with Gasteiger partial charge in [-0.2, -0.15) is 10.2 Å². The van der Waals surface area contributed by atoms with E-state index in [-0.39, 0.29) is 6.42 Å². The SMILES string of the molecule is O=C(O)Cc1ccc(-c2ccc(Cl)cc2)nn1. The van der Waals surface area contributed by atoms with Crippen LogP contribution in [0.2, 0.25) is 5.02 Å². The minimum absolute atomic E-state index is 0.117. The molecule has 2 rings (SSSR count). The Morgan fingerprint density at radius 1 is 1.12 bits per heavy atom. The molecule has 0 radical (unpaired) electrons. The van der Waals surface area contributed by atoms with Gasteiger partial charge in [-0.1, -0.05) is 23.7 Å². The van der Waals surface area contributed by atoms with Crippen molar-refractivity contribution in [3.05, 3.63) is 47.1 Å². The normalized spacial score (nSPS) is 10.2. The third-order valence-electron chi connectivity index (χ3n) is 2.19. The first-order chi connectivity index (χ1) is 8.15. The molecule has 2 aromatic rings. The summed E-state index contributed by atoms with van der Waals surface area (Å²) in [6, 6.07) is 10.6. The number of aromatic nitrogens is 2. The molecular weight excluding hydrogens is 240 g/mol. The van der Waals surface area contributed by atoms with Crippen molar-refractivity contribution in [2.75, 3.05) is 0 Å². The van der Waals surface area contributed by atoms with Crippen LogP contribution >= 0.6 is 11.6 Å². The quantitative estimate of drug-likeness (QED) is 0.906. The summed E-state index contributed by atoms with van der Waals surface area (Å²) in [5.74, 6) is -0.918. The molecule has 86 valence electrons. The number of nitrogens with zero attached hydrogens (tertiary/aromatic N) is 2. The molecule has 0 aliphatic rings. The lowest BCUT2D eigenvalue weighted by molar-refractivity contribution is -0.136. The fourth-order valence-electron chi connectivity index (χ4n) is 1.38. The van der Waals surface area contributed by atoms with Crippen molar-refractivity contribution in [1.82, 2.24) is 10.2 Å². The first-order valence-corrected chi connectivity index (χ1v) is 5.33. The lowest BCUT2D eigenvalue weighted by Gasteiger charge is -2.01. The molecule has 1 heterocycles. The highest BCUT2D eigenvalue weighted by molar-refractivity contribution is 6.30. The second-order valence-electron chi connectivity index (χ2n) is 3.49. The zero-order valence-electron chi connectivity index (χ0n) is 8.80.